The molecule has 7 nitrogen and oxygen atoms in total. The molecule has 140 valence electrons. The standard InChI is InChI=1S/C18H29N3O4/c1-5-18(23-12-14-19-15(25-20-14)13-6-7-13)8-10-21(11-9-18)16(22)24-17(2,3)4/h13H,5-12H2,1-4H3. The van der Waals surface area contributed by atoms with E-state index in [0.29, 0.717) is 31.4 Å². The highest BCUT2D eigenvalue weighted by Gasteiger charge is 2.37. The minimum absolute atomic E-state index is 0.237. The molecule has 1 aromatic heterocycles. The minimum atomic E-state index is -0.467. The molecular formula is C18H29N3O4. The summed E-state index contributed by atoms with van der Waals surface area (Å²) in [6.45, 7) is 9.41. The third-order valence-electron chi connectivity index (χ3n) is 4.89. The third kappa shape index (κ3) is 4.71. The lowest BCUT2D eigenvalue weighted by Crippen LogP contribution is -2.49. The van der Waals surface area contributed by atoms with Gasteiger partial charge in [-0.1, -0.05) is 12.1 Å². The van der Waals surface area contributed by atoms with E-state index < -0.39 is 5.60 Å². The molecule has 7 heteroatoms. The first-order valence-corrected chi connectivity index (χ1v) is 9.25. The van der Waals surface area contributed by atoms with E-state index in [1.807, 2.05) is 20.8 Å². The Kier molecular flexibility index (Phi) is 5.04. The van der Waals surface area contributed by atoms with Gasteiger partial charge < -0.3 is 18.9 Å². The average molecular weight is 351 g/mol. The number of hydrogen-bond donors (Lipinski definition) is 0. The molecule has 0 aromatic carbocycles. The largest absolute Gasteiger partial charge is 0.444 e. The summed E-state index contributed by atoms with van der Waals surface area (Å²) in [5.74, 6) is 1.81. The maximum Gasteiger partial charge on any atom is 0.410 e. The number of carbonyl (C=O) groups excluding carboxylic acids is 1. The maximum atomic E-state index is 12.2. The zero-order valence-corrected chi connectivity index (χ0v) is 15.7. The van der Waals surface area contributed by atoms with Crippen LogP contribution in [0.2, 0.25) is 0 Å². The van der Waals surface area contributed by atoms with Gasteiger partial charge in [-0.25, -0.2) is 4.79 Å². The number of piperidine rings is 1. The van der Waals surface area contributed by atoms with E-state index in [1.54, 1.807) is 4.90 Å². The number of aromatic nitrogens is 2. The van der Waals surface area contributed by atoms with Crippen LogP contribution in [0.5, 0.6) is 0 Å². The maximum absolute atomic E-state index is 12.2. The topological polar surface area (TPSA) is 77.7 Å². The van der Waals surface area contributed by atoms with E-state index in [0.717, 1.165) is 38.0 Å². The van der Waals surface area contributed by atoms with Gasteiger partial charge in [0.2, 0.25) is 5.89 Å². The Hall–Kier alpha value is -1.63. The van der Waals surface area contributed by atoms with Crippen LogP contribution in [-0.4, -0.2) is 45.4 Å². The molecule has 1 aromatic rings. The van der Waals surface area contributed by atoms with Gasteiger partial charge in [-0.05, 0) is 52.9 Å². The van der Waals surface area contributed by atoms with E-state index in [2.05, 4.69) is 17.1 Å². The van der Waals surface area contributed by atoms with E-state index in [-0.39, 0.29) is 11.7 Å². The number of nitrogens with zero attached hydrogens (tertiary/aromatic N) is 3. The lowest BCUT2D eigenvalue weighted by atomic mass is 9.88. The normalized spacial score (nSPS) is 20.6. The van der Waals surface area contributed by atoms with Crippen molar-refractivity contribution in [3.8, 4) is 0 Å². The molecule has 0 atom stereocenters. The van der Waals surface area contributed by atoms with E-state index in [9.17, 15) is 4.79 Å². The fraction of sp³-hybridized carbons (Fsp3) is 0.833. The molecule has 0 unspecified atom stereocenters. The van der Waals surface area contributed by atoms with Gasteiger partial charge in [-0.3, -0.25) is 0 Å². The number of likely N-dealkylation sites (tertiary alicyclic amines) is 1. The summed E-state index contributed by atoms with van der Waals surface area (Å²) >= 11 is 0. The Morgan fingerprint density at radius 1 is 1.32 bits per heavy atom. The molecule has 2 aliphatic rings. The molecule has 3 rings (SSSR count). The van der Waals surface area contributed by atoms with E-state index >= 15 is 0 Å². The second-order valence-electron chi connectivity index (χ2n) is 8.12. The van der Waals surface area contributed by atoms with Crippen LogP contribution in [-0.2, 0) is 16.1 Å². The summed E-state index contributed by atoms with van der Waals surface area (Å²) in [5, 5.41) is 4.02. The van der Waals surface area contributed by atoms with E-state index in [4.69, 9.17) is 14.0 Å². The first-order chi connectivity index (χ1) is 11.8. The Bertz CT molecular complexity index is 596. The Balaban J connectivity index is 1.51. The van der Waals surface area contributed by atoms with Gasteiger partial charge >= 0.3 is 6.09 Å². The van der Waals surface area contributed by atoms with Crippen LogP contribution in [0.15, 0.2) is 4.52 Å². The summed E-state index contributed by atoms with van der Waals surface area (Å²) in [7, 11) is 0. The molecular weight excluding hydrogens is 322 g/mol. The number of carbonyl (C=O) groups is 1. The van der Waals surface area contributed by atoms with Gasteiger partial charge in [0.25, 0.3) is 0 Å². The molecule has 1 saturated carbocycles. The first kappa shape index (κ1) is 18.2. The fourth-order valence-electron chi connectivity index (χ4n) is 3.06. The molecule has 0 bridgehead atoms. The van der Waals surface area contributed by atoms with Crippen LogP contribution >= 0.6 is 0 Å². The zero-order chi connectivity index (χ0) is 18.1. The van der Waals surface area contributed by atoms with Gasteiger partial charge in [0.05, 0.1) is 5.60 Å². The van der Waals surface area contributed by atoms with Crippen molar-refractivity contribution < 1.29 is 18.8 Å². The van der Waals surface area contributed by atoms with Gasteiger partial charge in [-0.2, -0.15) is 4.98 Å². The second kappa shape index (κ2) is 6.94. The highest BCUT2D eigenvalue weighted by molar-refractivity contribution is 5.68. The van der Waals surface area contributed by atoms with Crippen LogP contribution in [0, 0.1) is 0 Å². The predicted octanol–water partition coefficient (Wildman–Crippen LogP) is 3.64. The zero-order valence-electron chi connectivity index (χ0n) is 15.7. The molecule has 2 fully saturated rings. The monoisotopic (exact) mass is 351 g/mol. The number of rotatable bonds is 5. The average Bonchev–Trinajstić information content (AvgIpc) is 3.30. The third-order valence-corrected chi connectivity index (χ3v) is 4.89. The Morgan fingerprint density at radius 3 is 2.56 bits per heavy atom. The summed E-state index contributed by atoms with van der Waals surface area (Å²) in [5.41, 5.74) is -0.705. The molecule has 0 N–H and O–H groups in total. The van der Waals surface area contributed by atoms with Crippen LogP contribution in [0.25, 0.3) is 0 Å². The smallest absolute Gasteiger partial charge is 0.410 e. The molecule has 1 amide bonds. The van der Waals surface area contributed by atoms with Gasteiger partial charge in [0.15, 0.2) is 5.82 Å². The molecule has 1 aliphatic carbocycles. The van der Waals surface area contributed by atoms with Crippen molar-refractivity contribution in [1.82, 2.24) is 15.0 Å². The quantitative estimate of drug-likeness (QED) is 0.806. The van der Waals surface area contributed by atoms with Gasteiger partial charge in [0, 0.05) is 19.0 Å². The molecule has 1 saturated heterocycles. The number of amides is 1. The predicted molar refractivity (Wildman–Crippen MR) is 91.1 cm³/mol. The van der Waals surface area contributed by atoms with Crippen LogP contribution in [0.4, 0.5) is 4.79 Å². The minimum Gasteiger partial charge on any atom is -0.444 e. The van der Waals surface area contributed by atoms with Gasteiger partial charge in [0.1, 0.15) is 12.2 Å². The Labute approximate surface area is 149 Å². The second-order valence-corrected chi connectivity index (χ2v) is 8.12. The van der Waals surface area contributed by atoms with Crippen LogP contribution in [0.3, 0.4) is 0 Å². The van der Waals surface area contributed by atoms with E-state index in [1.165, 1.54) is 0 Å². The van der Waals surface area contributed by atoms with Crippen LogP contribution in [0.1, 0.15) is 77.4 Å². The molecule has 1 aliphatic heterocycles. The van der Waals surface area contributed by atoms with Crippen molar-refractivity contribution >= 4 is 6.09 Å². The van der Waals surface area contributed by atoms with Crippen molar-refractivity contribution in [3.05, 3.63) is 11.7 Å². The highest BCUT2D eigenvalue weighted by atomic mass is 16.6. The van der Waals surface area contributed by atoms with Crippen molar-refractivity contribution in [2.24, 2.45) is 0 Å². The lowest BCUT2D eigenvalue weighted by molar-refractivity contribution is -0.0976. The lowest BCUT2D eigenvalue weighted by Gasteiger charge is -2.41. The SMILES string of the molecule is CCC1(OCc2noc(C3CC3)n2)CCN(C(=O)OC(C)(C)C)CC1. The van der Waals surface area contributed by atoms with Crippen LogP contribution < -0.4 is 0 Å². The summed E-state index contributed by atoms with van der Waals surface area (Å²) in [6.07, 6.45) is 4.50. The molecule has 0 spiro atoms. The van der Waals surface area contributed by atoms with Gasteiger partial charge in [-0.15, -0.1) is 0 Å². The number of ether oxygens (including phenoxy) is 2. The summed E-state index contributed by atoms with van der Waals surface area (Å²) < 4.78 is 16.9. The Morgan fingerprint density at radius 2 is 2.00 bits per heavy atom. The number of hydrogen-bond acceptors (Lipinski definition) is 6. The summed E-state index contributed by atoms with van der Waals surface area (Å²) in [4.78, 5) is 18.4. The van der Waals surface area contributed by atoms with Crippen molar-refractivity contribution in [3.63, 3.8) is 0 Å². The summed E-state index contributed by atoms with van der Waals surface area (Å²) in [6, 6.07) is 0. The molecule has 2 heterocycles. The molecule has 25 heavy (non-hydrogen) atoms. The fourth-order valence-corrected chi connectivity index (χ4v) is 3.06. The van der Waals surface area contributed by atoms with Crippen molar-refractivity contribution in [1.29, 1.82) is 0 Å². The van der Waals surface area contributed by atoms with Crippen molar-refractivity contribution in [2.75, 3.05) is 13.1 Å². The van der Waals surface area contributed by atoms with Crippen molar-refractivity contribution in [2.45, 2.75) is 83.5 Å². The highest BCUT2D eigenvalue weighted by Crippen LogP contribution is 2.39. The molecule has 0 radical (unpaired) electrons. The first-order valence-electron chi connectivity index (χ1n) is 9.25.